The van der Waals surface area contributed by atoms with E-state index in [2.05, 4.69) is 10.2 Å². The molecule has 3 rings (SSSR count). The molecule has 2 aromatic carbocycles. The molecule has 0 radical (unpaired) electrons. The molecule has 0 bridgehead atoms. The van der Waals surface area contributed by atoms with E-state index in [1.807, 2.05) is 0 Å². The molecule has 1 heterocycles. The van der Waals surface area contributed by atoms with Crippen molar-refractivity contribution in [3.05, 3.63) is 77.5 Å². The normalized spacial score (nSPS) is 18.8. The highest BCUT2D eigenvalue weighted by Crippen LogP contribution is 2.32. The number of halogens is 2. The highest BCUT2D eigenvalue weighted by Gasteiger charge is 2.38. The lowest BCUT2D eigenvalue weighted by Gasteiger charge is -2.19. The lowest BCUT2D eigenvalue weighted by molar-refractivity contribution is -0.121. The van der Waals surface area contributed by atoms with Gasteiger partial charge in [0.25, 0.3) is 5.91 Å². The van der Waals surface area contributed by atoms with E-state index in [0.29, 0.717) is 11.3 Å². The first-order chi connectivity index (χ1) is 11.5. The van der Waals surface area contributed by atoms with Crippen LogP contribution < -0.4 is 10.5 Å². The van der Waals surface area contributed by atoms with E-state index >= 15 is 0 Å². The minimum atomic E-state index is -1.32. The lowest BCUT2D eigenvalue weighted by atomic mass is 9.90. The number of carbonyl (C=O) groups excluding carboxylic acids is 1. The van der Waals surface area contributed by atoms with Crippen LogP contribution in [0.3, 0.4) is 0 Å². The summed E-state index contributed by atoms with van der Waals surface area (Å²) in [7, 11) is 0. The largest absolute Gasteiger partial charge is 0.489 e. The molecule has 2 N–H and O–H groups in total. The third-order valence-electron chi connectivity index (χ3n) is 3.71. The molecule has 1 aliphatic heterocycles. The molecule has 0 aromatic heterocycles. The van der Waals surface area contributed by atoms with E-state index in [1.165, 1.54) is 30.5 Å². The monoisotopic (exact) mass is 329 g/mol. The van der Waals surface area contributed by atoms with Crippen molar-refractivity contribution in [2.75, 3.05) is 0 Å². The zero-order valence-corrected chi connectivity index (χ0v) is 12.4. The van der Waals surface area contributed by atoms with Crippen molar-refractivity contribution in [3.8, 4) is 5.75 Å². The van der Waals surface area contributed by atoms with E-state index in [1.54, 1.807) is 24.3 Å². The van der Waals surface area contributed by atoms with Crippen LogP contribution in [0.2, 0.25) is 0 Å². The summed E-state index contributed by atoms with van der Waals surface area (Å²) in [6.07, 6.45) is 2.90. The van der Waals surface area contributed by atoms with Crippen molar-refractivity contribution in [2.24, 2.45) is 16.0 Å². The number of benzene rings is 2. The van der Waals surface area contributed by atoms with Gasteiger partial charge in [0.2, 0.25) is 5.54 Å². The van der Waals surface area contributed by atoms with E-state index in [4.69, 9.17) is 10.5 Å². The fraction of sp³-hybridized carbons (Fsp3) is 0.118. The van der Waals surface area contributed by atoms with Gasteiger partial charge < -0.3 is 10.5 Å². The molecule has 24 heavy (non-hydrogen) atoms. The van der Waals surface area contributed by atoms with E-state index in [9.17, 15) is 13.6 Å². The van der Waals surface area contributed by atoms with Gasteiger partial charge in [-0.1, -0.05) is 18.2 Å². The Labute approximate surface area is 136 Å². The number of nitrogens with two attached hydrogens (primary N) is 1. The summed E-state index contributed by atoms with van der Waals surface area (Å²) in [4.78, 5) is 11.7. The molecular formula is C17H13F2N3O2. The minimum absolute atomic E-state index is 0.150. The molecule has 1 amide bonds. The maximum Gasteiger partial charge on any atom is 0.256 e. The predicted molar refractivity (Wildman–Crippen MR) is 82.0 cm³/mol. The topological polar surface area (TPSA) is 77.0 Å². The Morgan fingerprint density at radius 2 is 1.79 bits per heavy atom. The second kappa shape index (κ2) is 6.19. The zero-order chi connectivity index (χ0) is 17.2. The van der Waals surface area contributed by atoms with Crippen LogP contribution in [0.4, 0.5) is 8.78 Å². The third-order valence-corrected chi connectivity index (χ3v) is 3.71. The Bertz CT molecular complexity index is 800. The smallest absolute Gasteiger partial charge is 0.256 e. The molecule has 2 aromatic rings. The summed E-state index contributed by atoms with van der Waals surface area (Å²) in [5.74, 6) is -1.60. The Balaban J connectivity index is 1.77. The Morgan fingerprint density at radius 3 is 2.33 bits per heavy atom. The van der Waals surface area contributed by atoms with E-state index < -0.39 is 23.1 Å². The maximum absolute atomic E-state index is 13.6. The molecule has 5 nitrogen and oxygen atoms in total. The SMILES string of the molecule is NC(=O)C1(c2ccc(OCc3c(F)cccc3F)cc2)C=CN=N1. The molecular weight excluding hydrogens is 316 g/mol. The average molecular weight is 329 g/mol. The van der Waals surface area contributed by atoms with Crippen molar-refractivity contribution in [2.45, 2.75) is 12.1 Å². The fourth-order valence-corrected chi connectivity index (χ4v) is 2.36. The molecule has 1 aliphatic rings. The van der Waals surface area contributed by atoms with Gasteiger partial charge in [0.1, 0.15) is 24.0 Å². The van der Waals surface area contributed by atoms with Gasteiger partial charge in [-0.25, -0.2) is 8.78 Å². The number of azo groups is 1. The van der Waals surface area contributed by atoms with Crippen LogP contribution in [0.25, 0.3) is 0 Å². The second-order valence-electron chi connectivity index (χ2n) is 5.18. The fourth-order valence-electron chi connectivity index (χ4n) is 2.36. The molecule has 0 aliphatic carbocycles. The highest BCUT2D eigenvalue weighted by atomic mass is 19.1. The second-order valence-corrected chi connectivity index (χ2v) is 5.18. The Hall–Kier alpha value is -3.09. The number of rotatable bonds is 5. The van der Waals surface area contributed by atoms with Gasteiger partial charge in [-0.15, -0.1) is 0 Å². The number of ether oxygens (including phenoxy) is 1. The predicted octanol–water partition coefficient (Wildman–Crippen LogP) is 3.20. The van der Waals surface area contributed by atoms with Crippen molar-refractivity contribution < 1.29 is 18.3 Å². The first-order valence-electron chi connectivity index (χ1n) is 7.09. The Morgan fingerprint density at radius 1 is 1.12 bits per heavy atom. The maximum atomic E-state index is 13.6. The number of carbonyl (C=O) groups is 1. The van der Waals surface area contributed by atoms with Gasteiger partial charge in [0.15, 0.2) is 0 Å². The van der Waals surface area contributed by atoms with Crippen LogP contribution in [0.1, 0.15) is 11.1 Å². The summed E-state index contributed by atoms with van der Waals surface area (Å²) in [6, 6.07) is 9.97. The molecule has 7 heteroatoms. The number of hydrogen-bond donors (Lipinski definition) is 1. The van der Waals surface area contributed by atoms with Gasteiger partial charge in [-0.05, 0) is 35.9 Å². The minimum Gasteiger partial charge on any atom is -0.489 e. The molecule has 0 saturated carbocycles. The van der Waals surface area contributed by atoms with E-state index in [-0.39, 0.29) is 12.2 Å². The van der Waals surface area contributed by atoms with Crippen molar-refractivity contribution in [3.63, 3.8) is 0 Å². The molecule has 1 unspecified atom stereocenters. The lowest BCUT2D eigenvalue weighted by Crippen LogP contribution is -2.36. The van der Waals surface area contributed by atoms with Crippen LogP contribution in [0.15, 0.2) is 65.0 Å². The average Bonchev–Trinajstić information content (AvgIpc) is 3.06. The first-order valence-corrected chi connectivity index (χ1v) is 7.09. The summed E-state index contributed by atoms with van der Waals surface area (Å²) >= 11 is 0. The number of primary amides is 1. The quantitative estimate of drug-likeness (QED) is 0.914. The van der Waals surface area contributed by atoms with Gasteiger partial charge in [0, 0.05) is 6.20 Å². The molecule has 0 spiro atoms. The number of amides is 1. The van der Waals surface area contributed by atoms with Crippen LogP contribution in [0.5, 0.6) is 5.75 Å². The molecule has 1 atom stereocenters. The van der Waals surface area contributed by atoms with Gasteiger partial charge in [-0.2, -0.15) is 10.2 Å². The van der Waals surface area contributed by atoms with Crippen molar-refractivity contribution in [1.82, 2.24) is 0 Å². The molecule has 0 fully saturated rings. The third kappa shape index (κ3) is 2.76. The van der Waals surface area contributed by atoms with Gasteiger partial charge >= 0.3 is 0 Å². The zero-order valence-electron chi connectivity index (χ0n) is 12.4. The van der Waals surface area contributed by atoms with Crippen LogP contribution in [-0.2, 0) is 16.9 Å². The number of nitrogens with zero attached hydrogens (tertiary/aromatic N) is 2. The van der Waals surface area contributed by atoms with Crippen LogP contribution in [-0.4, -0.2) is 5.91 Å². The summed E-state index contributed by atoms with van der Waals surface area (Å²) in [6.45, 7) is -0.252. The van der Waals surface area contributed by atoms with Crippen molar-refractivity contribution in [1.29, 1.82) is 0 Å². The summed E-state index contributed by atoms with van der Waals surface area (Å²) in [5, 5.41) is 7.56. The number of hydrogen-bond acceptors (Lipinski definition) is 4. The summed E-state index contributed by atoms with van der Waals surface area (Å²) in [5.41, 5.74) is 4.46. The van der Waals surface area contributed by atoms with Gasteiger partial charge in [-0.3, -0.25) is 4.79 Å². The molecule has 0 saturated heterocycles. The standard InChI is InChI=1S/C17H13F2N3O2/c18-14-2-1-3-15(19)13(14)10-24-12-6-4-11(5-7-12)17(16(20)23)8-9-21-22-17/h1-9H,10H2,(H2,20,23). The van der Waals surface area contributed by atoms with Crippen LogP contribution >= 0.6 is 0 Å². The Kier molecular flexibility index (Phi) is 4.07. The van der Waals surface area contributed by atoms with Crippen LogP contribution in [0, 0.1) is 11.6 Å². The first kappa shape index (κ1) is 15.8. The van der Waals surface area contributed by atoms with Crippen molar-refractivity contribution >= 4 is 5.91 Å². The summed E-state index contributed by atoms with van der Waals surface area (Å²) < 4.78 is 32.5. The molecule has 122 valence electrons. The van der Waals surface area contributed by atoms with E-state index in [0.717, 1.165) is 0 Å². The van der Waals surface area contributed by atoms with Gasteiger partial charge in [0.05, 0.1) is 5.56 Å². The highest BCUT2D eigenvalue weighted by molar-refractivity contribution is 5.89.